The Morgan fingerprint density at radius 3 is 2.58 bits per heavy atom. The highest BCUT2D eigenvalue weighted by Gasteiger charge is 2.09. The van der Waals surface area contributed by atoms with Crippen molar-refractivity contribution in [3.63, 3.8) is 0 Å². The van der Waals surface area contributed by atoms with E-state index in [1.807, 2.05) is 36.4 Å². The van der Waals surface area contributed by atoms with Crippen LogP contribution in [0.4, 0.5) is 4.39 Å². The zero-order valence-corrected chi connectivity index (χ0v) is 11.8. The monoisotopic (exact) mass is 275 g/mol. The number of hydrogen-bond acceptors (Lipinski definition) is 2. The second-order valence-corrected chi connectivity index (χ2v) is 5.42. The fourth-order valence-electron chi connectivity index (χ4n) is 1.81. The lowest BCUT2D eigenvalue weighted by Gasteiger charge is -2.11. The lowest BCUT2D eigenvalue weighted by Crippen LogP contribution is -2.15. The first-order chi connectivity index (χ1) is 9.31. The highest BCUT2D eigenvalue weighted by molar-refractivity contribution is 7.99. The van der Waals surface area contributed by atoms with Crippen LogP contribution in [-0.2, 0) is 6.54 Å². The number of halogens is 1. The quantitative estimate of drug-likeness (QED) is 0.780. The molecule has 0 unspecified atom stereocenters. The molecule has 0 aromatic heterocycles. The van der Waals surface area contributed by atoms with Gasteiger partial charge in [-0.25, -0.2) is 4.39 Å². The van der Waals surface area contributed by atoms with Gasteiger partial charge in [-0.3, -0.25) is 0 Å². The van der Waals surface area contributed by atoms with Gasteiger partial charge in [-0.1, -0.05) is 43.0 Å². The van der Waals surface area contributed by atoms with E-state index in [2.05, 4.69) is 12.2 Å². The van der Waals surface area contributed by atoms with E-state index < -0.39 is 0 Å². The molecule has 1 nitrogen and oxygen atoms in total. The molecule has 0 amide bonds. The van der Waals surface area contributed by atoms with Crippen molar-refractivity contribution < 1.29 is 4.39 Å². The summed E-state index contributed by atoms with van der Waals surface area (Å²) in [6, 6.07) is 15.3. The fraction of sp³-hybridized carbons (Fsp3) is 0.250. The summed E-state index contributed by atoms with van der Waals surface area (Å²) in [5.74, 6) is -0.135. The van der Waals surface area contributed by atoms with Crippen LogP contribution >= 0.6 is 11.8 Å². The molecule has 0 saturated carbocycles. The molecule has 0 aliphatic carbocycles. The molecule has 0 radical (unpaired) electrons. The zero-order chi connectivity index (χ0) is 13.5. The van der Waals surface area contributed by atoms with Crippen molar-refractivity contribution in [2.75, 3.05) is 6.54 Å². The van der Waals surface area contributed by atoms with Crippen molar-refractivity contribution in [1.29, 1.82) is 0 Å². The van der Waals surface area contributed by atoms with Crippen LogP contribution in [0.2, 0.25) is 0 Å². The van der Waals surface area contributed by atoms with Crippen LogP contribution in [0.1, 0.15) is 18.9 Å². The molecule has 0 saturated heterocycles. The van der Waals surface area contributed by atoms with Gasteiger partial charge in [0.1, 0.15) is 5.82 Å². The third kappa shape index (κ3) is 4.08. The Balaban J connectivity index is 2.17. The van der Waals surface area contributed by atoms with Gasteiger partial charge in [-0.15, -0.1) is 0 Å². The Kier molecular flexibility index (Phi) is 5.43. The maximum atomic E-state index is 13.9. The summed E-state index contributed by atoms with van der Waals surface area (Å²) in [5.41, 5.74) is 0.754. The SMILES string of the molecule is CCCNCc1c(F)cccc1Sc1ccccc1. The van der Waals surface area contributed by atoms with Gasteiger partial charge >= 0.3 is 0 Å². The Hall–Kier alpha value is -1.32. The molecule has 100 valence electrons. The molecule has 3 heteroatoms. The maximum absolute atomic E-state index is 13.9. The summed E-state index contributed by atoms with van der Waals surface area (Å²) in [5, 5.41) is 3.27. The van der Waals surface area contributed by atoms with E-state index in [0.717, 1.165) is 28.3 Å². The van der Waals surface area contributed by atoms with Crippen LogP contribution in [0.15, 0.2) is 58.3 Å². The number of rotatable bonds is 6. The molecule has 0 spiro atoms. The van der Waals surface area contributed by atoms with Gasteiger partial charge in [0, 0.05) is 21.9 Å². The molecule has 0 bridgehead atoms. The highest BCUT2D eigenvalue weighted by Crippen LogP contribution is 2.31. The standard InChI is InChI=1S/C16H18FNS/c1-2-11-18-12-14-15(17)9-6-10-16(14)19-13-7-4-3-5-8-13/h3-10,18H,2,11-12H2,1H3. The second-order valence-electron chi connectivity index (χ2n) is 4.31. The van der Waals surface area contributed by atoms with Crippen molar-refractivity contribution in [3.05, 3.63) is 59.9 Å². The van der Waals surface area contributed by atoms with E-state index >= 15 is 0 Å². The van der Waals surface area contributed by atoms with Gasteiger partial charge in [0.05, 0.1) is 0 Å². The smallest absolute Gasteiger partial charge is 0.128 e. The van der Waals surface area contributed by atoms with Crippen molar-refractivity contribution in [1.82, 2.24) is 5.32 Å². The first-order valence-electron chi connectivity index (χ1n) is 6.52. The summed E-state index contributed by atoms with van der Waals surface area (Å²) in [7, 11) is 0. The van der Waals surface area contributed by atoms with Crippen molar-refractivity contribution in [2.45, 2.75) is 29.7 Å². The Morgan fingerprint density at radius 1 is 1.05 bits per heavy atom. The molecular weight excluding hydrogens is 257 g/mol. The van der Waals surface area contributed by atoms with Crippen LogP contribution < -0.4 is 5.32 Å². The zero-order valence-electron chi connectivity index (χ0n) is 11.0. The third-order valence-electron chi connectivity index (χ3n) is 2.78. The predicted octanol–water partition coefficient (Wildman–Crippen LogP) is 4.48. The molecule has 2 rings (SSSR count). The van der Waals surface area contributed by atoms with Gasteiger partial charge in [0.2, 0.25) is 0 Å². The Labute approximate surface area is 118 Å². The highest BCUT2D eigenvalue weighted by atomic mass is 32.2. The first kappa shape index (κ1) is 14.1. The molecule has 0 fully saturated rings. The van der Waals surface area contributed by atoms with E-state index in [1.165, 1.54) is 6.07 Å². The lowest BCUT2D eigenvalue weighted by atomic mass is 10.2. The number of benzene rings is 2. The van der Waals surface area contributed by atoms with Gasteiger partial charge in [0.15, 0.2) is 0 Å². The van der Waals surface area contributed by atoms with E-state index in [0.29, 0.717) is 6.54 Å². The van der Waals surface area contributed by atoms with Crippen LogP contribution in [0, 0.1) is 5.82 Å². The molecule has 0 heterocycles. The second kappa shape index (κ2) is 7.31. The van der Waals surface area contributed by atoms with Crippen molar-refractivity contribution in [3.8, 4) is 0 Å². The predicted molar refractivity (Wildman–Crippen MR) is 79.0 cm³/mol. The lowest BCUT2D eigenvalue weighted by molar-refractivity contribution is 0.578. The Morgan fingerprint density at radius 2 is 1.84 bits per heavy atom. The Bertz CT molecular complexity index is 513. The van der Waals surface area contributed by atoms with Crippen molar-refractivity contribution >= 4 is 11.8 Å². The molecular formula is C16H18FNS. The largest absolute Gasteiger partial charge is 0.313 e. The molecule has 1 N–H and O–H groups in total. The van der Waals surface area contributed by atoms with E-state index in [9.17, 15) is 4.39 Å². The summed E-state index contributed by atoms with van der Waals surface area (Å²) in [4.78, 5) is 2.11. The average Bonchev–Trinajstić information content (AvgIpc) is 2.43. The molecule has 19 heavy (non-hydrogen) atoms. The summed E-state index contributed by atoms with van der Waals surface area (Å²) in [6.45, 7) is 3.59. The molecule has 2 aromatic carbocycles. The number of hydrogen-bond donors (Lipinski definition) is 1. The van der Waals surface area contributed by atoms with Gasteiger partial charge in [-0.2, -0.15) is 0 Å². The fourth-order valence-corrected chi connectivity index (χ4v) is 2.80. The maximum Gasteiger partial charge on any atom is 0.128 e. The minimum absolute atomic E-state index is 0.135. The summed E-state index contributed by atoms with van der Waals surface area (Å²) >= 11 is 1.61. The topological polar surface area (TPSA) is 12.0 Å². The van der Waals surface area contributed by atoms with Gasteiger partial charge in [0.25, 0.3) is 0 Å². The van der Waals surface area contributed by atoms with Gasteiger partial charge in [-0.05, 0) is 37.2 Å². The van der Waals surface area contributed by atoms with Crippen LogP contribution in [0.5, 0.6) is 0 Å². The third-order valence-corrected chi connectivity index (χ3v) is 3.89. The average molecular weight is 275 g/mol. The molecule has 0 aliphatic heterocycles. The summed E-state index contributed by atoms with van der Waals surface area (Å²) < 4.78 is 13.9. The van der Waals surface area contributed by atoms with Gasteiger partial charge < -0.3 is 5.32 Å². The van der Waals surface area contributed by atoms with Crippen LogP contribution in [-0.4, -0.2) is 6.54 Å². The molecule has 0 atom stereocenters. The van der Waals surface area contributed by atoms with E-state index in [1.54, 1.807) is 17.8 Å². The van der Waals surface area contributed by atoms with E-state index in [4.69, 9.17) is 0 Å². The molecule has 0 aliphatic rings. The minimum atomic E-state index is -0.135. The minimum Gasteiger partial charge on any atom is -0.313 e. The normalized spacial score (nSPS) is 10.6. The van der Waals surface area contributed by atoms with E-state index in [-0.39, 0.29) is 5.82 Å². The van der Waals surface area contributed by atoms with Crippen molar-refractivity contribution in [2.24, 2.45) is 0 Å². The van der Waals surface area contributed by atoms with Crippen LogP contribution in [0.3, 0.4) is 0 Å². The first-order valence-corrected chi connectivity index (χ1v) is 7.34. The van der Waals surface area contributed by atoms with Crippen LogP contribution in [0.25, 0.3) is 0 Å². The summed E-state index contributed by atoms with van der Waals surface area (Å²) in [6.07, 6.45) is 1.05. The molecule has 2 aromatic rings. The number of nitrogens with one attached hydrogen (secondary N) is 1.